The van der Waals surface area contributed by atoms with Crippen LogP contribution >= 0.6 is 15.9 Å². The van der Waals surface area contributed by atoms with E-state index in [4.69, 9.17) is 4.74 Å². The monoisotopic (exact) mass is 322 g/mol. The van der Waals surface area contributed by atoms with Crippen LogP contribution in [0.1, 0.15) is 18.1 Å². The van der Waals surface area contributed by atoms with Crippen molar-refractivity contribution >= 4 is 25.8 Å². The molecule has 0 fully saturated rings. The molecule has 0 aliphatic rings. The van der Waals surface area contributed by atoms with E-state index in [1.54, 1.807) is 18.2 Å². The van der Waals surface area contributed by atoms with Gasteiger partial charge in [-0.1, -0.05) is 22.0 Å². The summed E-state index contributed by atoms with van der Waals surface area (Å²) in [6.07, 6.45) is 0.475. The molecular weight excluding hydrogens is 308 g/mol. The Balaban J connectivity index is 2.85. The highest BCUT2D eigenvalue weighted by Gasteiger charge is 2.15. The van der Waals surface area contributed by atoms with E-state index in [9.17, 15) is 13.5 Å². The van der Waals surface area contributed by atoms with Crippen molar-refractivity contribution in [3.05, 3.63) is 28.2 Å². The summed E-state index contributed by atoms with van der Waals surface area (Å²) < 4.78 is 28.0. The molecule has 0 amide bonds. The van der Waals surface area contributed by atoms with Gasteiger partial charge in [0.15, 0.2) is 0 Å². The summed E-state index contributed by atoms with van der Waals surface area (Å²) in [5.41, 5.74) is 0.597. The summed E-state index contributed by atoms with van der Waals surface area (Å²) in [7, 11) is -1.56. The van der Waals surface area contributed by atoms with Crippen LogP contribution < -0.4 is 4.74 Å². The first-order valence-electron chi connectivity index (χ1n) is 5.02. The number of benzene rings is 1. The highest BCUT2D eigenvalue weighted by atomic mass is 79.9. The third-order valence-electron chi connectivity index (χ3n) is 2.32. The molecule has 0 bridgehead atoms. The minimum atomic E-state index is -3.07. The van der Waals surface area contributed by atoms with E-state index in [-0.39, 0.29) is 12.2 Å². The molecule has 0 aliphatic heterocycles. The predicted octanol–water partition coefficient (Wildman–Crippen LogP) is 1.93. The van der Waals surface area contributed by atoms with E-state index in [0.717, 1.165) is 10.7 Å². The Morgan fingerprint density at radius 1 is 1.47 bits per heavy atom. The first-order valence-corrected chi connectivity index (χ1v) is 7.88. The molecule has 0 saturated heterocycles. The average Bonchev–Trinajstić information content (AvgIpc) is 2.24. The van der Waals surface area contributed by atoms with Gasteiger partial charge in [0, 0.05) is 16.3 Å². The lowest BCUT2D eigenvalue weighted by atomic mass is 10.1. The zero-order valence-electron chi connectivity index (χ0n) is 9.68. The van der Waals surface area contributed by atoms with Gasteiger partial charge in [-0.15, -0.1) is 0 Å². The van der Waals surface area contributed by atoms with Gasteiger partial charge in [-0.25, -0.2) is 8.42 Å². The number of aliphatic hydroxyl groups excluding tert-OH is 1. The van der Waals surface area contributed by atoms with Crippen molar-refractivity contribution in [3.63, 3.8) is 0 Å². The minimum Gasteiger partial charge on any atom is -0.496 e. The van der Waals surface area contributed by atoms with Crippen LogP contribution in [0.5, 0.6) is 5.75 Å². The summed E-state index contributed by atoms with van der Waals surface area (Å²) in [5, 5.41) is 9.93. The van der Waals surface area contributed by atoms with Crippen molar-refractivity contribution in [3.8, 4) is 5.75 Å². The van der Waals surface area contributed by atoms with Crippen LogP contribution in [-0.2, 0) is 9.84 Å². The number of halogens is 1. The van der Waals surface area contributed by atoms with Crippen molar-refractivity contribution in [2.75, 3.05) is 19.1 Å². The summed E-state index contributed by atoms with van der Waals surface area (Å²) in [5.74, 6) is 0.494. The lowest BCUT2D eigenvalue weighted by molar-refractivity contribution is 0.170. The van der Waals surface area contributed by atoms with Gasteiger partial charge in [-0.2, -0.15) is 0 Å². The van der Waals surface area contributed by atoms with Gasteiger partial charge in [0.1, 0.15) is 15.6 Å². The number of ether oxygens (including phenoxy) is 1. The molecule has 1 atom stereocenters. The Labute approximate surface area is 110 Å². The Morgan fingerprint density at radius 2 is 2.12 bits per heavy atom. The van der Waals surface area contributed by atoms with Gasteiger partial charge in [-0.05, 0) is 18.6 Å². The fraction of sp³-hybridized carbons (Fsp3) is 0.455. The molecule has 0 saturated carbocycles. The van der Waals surface area contributed by atoms with Gasteiger partial charge < -0.3 is 9.84 Å². The maximum absolute atomic E-state index is 11.0. The Hall–Kier alpha value is -0.590. The number of sulfone groups is 1. The second kappa shape index (κ2) is 5.84. The van der Waals surface area contributed by atoms with Crippen molar-refractivity contribution in [1.82, 2.24) is 0 Å². The summed E-state index contributed by atoms with van der Waals surface area (Å²) >= 11 is 3.30. The highest BCUT2D eigenvalue weighted by Crippen LogP contribution is 2.30. The number of rotatable bonds is 5. The maximum atomic E-state index is 11.0. The van der Waals surface area contributed by atoms with Gasteiger partial charge >= 0.3 is 0 Å². The van der Waals surface area contributed by atoms with E-state index in [1.165, 1.54) is 7.11 Å². The Bertz CT molecular complexity index is 484. The SMILES string of the molecule is COc1cc(Br)ccc1C(O)CCS(C)(=O)=O. The molecule has 96 valence electrons. The van der Waals surface area contributed by atoms with Crippen molar-refractivity contribution < 1.29 is 18.3 Å². The van der Waals surface area contributed by atoms with Crippen LogP contribution in [0.15, 0.2) is 22.7 Å². The summed E-state index contributed by atoms with van der Waals surface area (Å²) in [6.45, 7) is 0. The molecule has 17 heavy (non-hydrogen) atoms. The van der Waals surface area contributed by atoms with Gasteiger partial charge in [0.05, 0.1) is 19.0 Å². The first kappa shape index (κ1) is 14.5. The molecule has 4 nitrogen and oxygen atoms in total. The molecule has 0 aliphatic carbocycles. The van der Waals surface area contributed by atoms with Crippen LogP contribution in [0, 0.1) is 0 Å². The lowest BCUT2D eigenvalue weighted by Crippen LogP contribution is -2.09. The number of methoxy groups -OCH3 is 1. The van der Waals surface area contributed by atoms with Crippen LogP contribution in [-0.4, -0.2) is 32.6 Å². The number of hydrogen-bond donors (Lipinski definition) is 1. The van der Waals surface area contributed by atoms with Crippen molar-refractivity contribution in [2.24, 2.45) is 0 Å². The van der Waals surface area contributed by atoms with E-state index >= 15 is 0 Å². The van der Waals surface area contributed by atoms with Crippen LogP contribution in [0.4, 0.5) is 0 Å². The van der Waals surface area contributed by atoms with Crippen molar-refractivity contribution in [1.29, 1.82) is 0 Å². The fourth-order valence-corrected chi connectivity index (χ4v) is 2.43. The fourth-order valence-electron chi connectivity index (χ4n) is 1.44. The smallest absolute Gasteiger partial charge is 0.147 e. The van der Waals surface area contributed by atoms with Crippen LogP contribution in [0.25, 0.3) is 0 Å². The molecule has 1 N–H and O–H groups in total. The van der Waals surface area contributed by atoms with Gasteiger partial charge in [-0.3, -0.25) is 0 Å². The molecule has 0 heterocycles. The second-order valence-electron chi connectivity index (χ2n) is 3.82. The molecule has 0 spiro atoms. The number of hydrogen-bond acceptors (Lipinski definition) is 4. The highest BCUT2D eigenvalue weighted by molar-refractivity contribution is 9.10. The molecule has 0 aromatic heterocycles. The third kappa shape index (κ3) is 4.65. The molecule has 1 unspecified atom stereocenters. The standard InChI is InChI=1S/C11H15BrO4S/c1-16-11-7-8(12)3-4-9(11)10(13)5-6-17(2,14)15/h3-4,7,10,13H,5-6H2,1-2H3. The Kier molecular flexibility index (Phi) is 4.97. The third-order valence-corrected chi connectivity index (χ3v) is 3.79. The van der Waals surface area contributed by atoms with Gasteiger partial charge in [0.2, 0.25) is 0 Å². The maximum Gasteiger partial charge on any atom is 0.147 e. The Morgan fingerprint density at radius 3 is 2.65 bits per heavy atom. The molecule has 1 aromatic rings. The quantitative estimate of drug-likeness (QED) is 0.899. The van der Waals surface area contributed by atoms with E-state index in [1.807, 2.05) is 0 Å². The average molecular weight is 323 g/mol. The van der Waals surface area contributed by atoms with E-state index in [0.29, 0.717) is 11.3 Å². The summed E-state index contributed by atoms with van der Waals surface area (Å²) in [4.78, 5) is 0. The molecule has 0 radical (unpaired) electrons. The summed E-state index contributed by atoms with van der Waals surface area (Å²) in [6, 6.07) is 5.23. The van der Waals surface area contributed by atoms with E-state index < -0.39 is 15.9 Å². The van der Waals surface area contributed by atoms with Crippen LogP contribution in [0.2, 0.25) is 0 Å². The van der Waals surface area contributed by atoms with Gasteiger partial charge in [0.25, 0.3) is 0 Å². The second-order valence-corrected chi connectivity index (χ2v) is 7.00. The molecule has 1 rings (SSSR count). The minimum absolute atomic E-state index is 0.0482. The first-order chi connectivity index (χ1) is 7.83. The molecule has 1 aromatic carbocycles. The number of aliphatic hydroxyl groups is 1. The van der Waals surface area contributed by atoms with Crippen LogP contribution in [0.3, 0.4) is 0 Å². The van der Waals surface area contributed by atoms with Crippen molar-refractivity contribution in [2.45, 2.75) is 12.5 Å². The normalized spacial score (nSPS) is 13.4. The topological polar surface area (TPSA) is 63.6 Å². The molecule has 6 heteroatoms. The predicted molar refractivity (Wildman–Crippen MR) is 70.0 cm³/mol. The zero-order chi connectivity index (χ0) is 13.1. The van der Waals surface area contributed by atoms with E-state index in [2.05, 4.69) is 15.9 Å². The lowest BCUT2D eigenvalue weighted by Gasteiger charge is -2.14. The zero-order valence-corrected chi connectivity index (χ0v) is 12.1. The largest absolute Gasteiger partial charge is 0.496 e. The molecular formula is C11H15BrO4S.